The number of nitrogens with zero attached hydrogens (tertiary/aromatic N) is 5. The Bertz CT molecular complexity index is 2360. The van der Waals surface area contributed by atoms with Crippen molar-refractivity contribution in [1.29, 1.82) is 0 Å². The fourth-order valence-corrected chi connectivity index (χ4v) is 6.93. The Morgan fingerprint density at radius 3 is 1.48 bits per heavy atom. The molecule has 0 atom stereocenters. The molecule has 0 N–H and O–H groups in total. The van der Waals surface area contributed by atoms with E-state index in [2.05, 4.69) is 180 Å². The van der Waals surface area contributed by atoms with Crippen LogP contribution in [0.5, 0.6) is 0 Å². The van der Waals surface area contributed by atoms with Crippen LogP contribution in [-0.4, -0.2) is 15.0 Å². The van der Waals surface area contributed by atoms with Crippen molar-refractivity contribution < 1.29 is 0 Å². The summed E-state index contributed by atoms with van der Waals surface area (Å²) in [5.74, 6) is 0. The lowest BCUT2D eigenvalue weighted by atomic mass is 9.84. The van der Waals surface area contributed by atoms with Gasteiger partial charge >= 0.3 is 0 Å². The van der Waals surface area contributed by atoms with Gasteiger partial charge in [-0.05, 0) is 112 Å². The van der Waals surface area contributed by atoms with Crippen LogP contribution in [0.15, 0.2) is 146 Å². The van der Waals surface area contributed by atoms with E-state index < -0.39 is 0 Å². The van der Waals surface area contributed by atoms with E-state index in [9.17, 15) is 0 Å². The van der Waals surface area contributed by atoms with E-state index in [1.54, 1.807) is 0 Å². The Balaban J connectivity index is 1.60. The summed E-state index contributed by atoms with van der Waals surface area (Å²) in [6.07, 6.45) is 7.53. The molecule has 0 saturated heterocycles. The standard InChI is InChI=1S/C49H51N5/c1-47(2,3)35-18-23-38(24-19-35)53(40-22-17-34-14-12-29-52-43(34)32-40)44-30-37(49(7,8)9)31-45(46(44)42-16-10-11-28-51-42)54(41-15-13-27-50-33-41)39-25-20-36(21-26-39)48(4,5)6/h10-33H,1-9H3. The summed E-state index contributed by atoms with van der Waals surface area (Å²) < 4.78 is 0. The van der Waals surface area contributed by atoms with Gasteiger partial charge in [-0.2, -0.15) is 0 Å². The van der Waals surface area contributed by atoms with Gasteiger partial charge in [0.25, 0.3) is 0 Å². The minimum absolute atomic E-state index is 0.0153. The number of rotatable bonds is 7. The van der Waals surface area contributed by atoms with Crippen molar-refractivity contribution in [1.82, 2.24) is 15.0 Å². The van der Waals surface area contributed by atoms with Crippen molar-refractivity contribution in [2.75, 3.05) is 9.80 Å². The molecule has 5 heteroatoms. The summed E-state index contributed by atoms with van der Waals surface area (Å²) >= 11 is 0. The summed E-state index contributed by atoms with van der Waals surface area (Å²) in [5.41, 5.74) is 12.5. The summed E-state index contributed by atoms with van der Waals surface area (Å²) in [4.78, 5) is 19.2. The van der Waals surface area contributed by atoms with Gasteiger partial charge in [0.2, 0.25) is 0 Å². The van der Waals surface area contributed by atoms with Gasteiger partial charge in [0, 0.05) is 46.6 Å². The molecule has 0 saturated carbocycles. The SMILES string of the molecule is CC(C)(C)c1ccc(N(c2cccnc2)c2cc(C(C)(C)C)cc(N(c3ccc(C(C)(C)C)cc3)c3ccc4cccnc4c3)c2-c2ccccn2)cc1. The smallest absolute Gasteiger partial charge is 0.0744 e. The number of hydrogen-bond donors (Lipinski definition) is 0. The number of anilines is 6. The number of hydrogen-bond acceptors (Lipinski definition) is 5. The average molecular weight is 710 g/mol. The zero-order valence-electron chi connectivity index (χ0n) is 33.1. The van der Waals surface area contributed by atoms with Crippen LogP contribution in [-0.2, 0) is 16.2 Å². The predicted octanol–water partition coefficient (Wildman–Crippen LogP) is 13.5. The molecule has 0 aliphatic heterocycles. The lowest BCUT2D eigenvalue weighted by molar-refractivity contribution is 0.589. The van der Waals surface area contributed by atoms with Gasteiger partial charge in [-0.3, -0.25) is 15.0 Å². The van der Waals surface area contributed by atoms with Crippen LogP contribution >= 0.6 is 0 Å². The third kappa shape index (κ3) is 7.49. The second-order valence-corrected chi connectivity index (χ2v) is 17.2. The minimum atomic E-state index is -0.185. The molecule has 0 radical (unpaired) electrons. The molecular weight excluding hydrogens is 659 g/mol. The highest BCUT2D eigenvalue weighted by Gasteiger charge is 2.29. The highest BCUT2D eigenvalue weighted by Crippen LogP contribution is 2.50. The summed E-state index contributed by atoms with van der Waals surface area (Å²) in [6.45, 7) is 20.4. The van der Waals surface area contributed by atoms with Crippen LogP contribution in [0, 0.1) is 0 Å². The van der Waals surface area contributed by atoms with Crippen LogP contribution < -0.4 is 9.80 Å². The Labute approximate surface area is 321 Å². The van der Waals surface area contributed by atoms with E-state index in [0.717, 1.165) is 56.3 Å². The normalized spacial score (nSPS) is 12.2. The molecule has 0 aliphatic carbocycles. The number of fused-ring (bicyclic) bond motifs is 1. The van der Waals surface area contributed by atoms with Crippen molar-refractivity contribution in [3.8, 4) is 11.3 Å². The molecule has 0 unspecified atom stereocenters. The third-order valence-corrected chi connectivity index (χ3v) is 10.1. The van der Waals surface area contributed by atoms with E-state index in [-0.39, 0.29) is 16.2 Å². The molecule has 4 aromatic carbocycles. The summed E-state index contributed by atoms with van der Waals surface area (Å²) in [5, 5.41) is 1.10. The van der Waals surface area contributed by atoms with Gasteiger partial charge in [-0.15, -0.1) is 0 Å². The first-order chi connectivity index (χ1) is 25.7. The Morgan fingerprint density at radius 2 is 0.963 bits per heavy atom. The quantitative estimate of drug-likeness (QED) is 0.165. The number of pyridine rings is 3. The maximum atomic E-state index is 5.06. The molecule has 7 rings (SSSR count). The maximum Gasteiger partial charge on any atom is 0.0744 e. The second kappa shape index (κ2) is 14.2. The largest absolute Gasteiger partial charge is 0.310 e. The third-order valence-electron chi connectivity index (χ3n) is 10.1. The van der Waals surface area contributed by atoms with Crippen molar-refractivity contribution in [2.24, 2.45) is 0 Å². The van der Waals surface area contributed by atoms with E-state index in [1.165, 1.54) is 16.7 Å². The number of benzene rings is 4. The molecule has 272 valence electrons. The zero-order valence-corrected chi connectivity index (χ0v) is 33.1. The molecule has 0 amide bonds. The summed E-state index contributed by atoms with van der Waals surface area (Å²) in [7, 11) is 0. The topological polar surface area (TPSA) is 45.2 Å². The Morgan fingerprint density at radius 1 is 0.426 bits per heavy atom. The molecule has 3 aromatic heterocycles. The fraction of sp³-hybridized carbons (Fsp3) is 0.245. The number of aromatic nitrogens is 3. The van der Waals surface area contributed by atoms with E-state index >= 15 is 0 Å². The van der Waals surface area contributed by atoms with Gasteiger partial charge in [-0.25, -0.2) is 0 Å². The van der Waals surface area contributed by atoms with Gasteiger partial charge in [0.05, 0.1) is 34.5 Å². The average Bonchev–Trinajstić information content (AvgIpc) is 3.15. The van der Waals surface area contributed by atoms with Crippen molar-refractivity contribution in [2.45, 2.75) is 78.6 Å². The molecule has 54 heavy (non-hydrogen) atoms. The molecule has 0 spiro atoms. The van der Waals surface area contributed by atoms with Crippen LogP contribution in [0.3, 0.4) is 0 Å². The first-order valence-electron chi connectivity index (χ1n) is 18.8. The van der Waals surface area contributed by atoms with Gasteiger partial charge in [-0.1, -0.05) is 105 Å². The molecule has 7 aromatic rings. The van der Waals surface area contributed by atoms with Crippen LogP contribution in [0.1, 0.15) is 79.0 Å². The fourth-order valence-electron chi connectivity index (χ4n) is 6.93. The van der Waals surface area contributed by atoms with Crippen LogP contribution in [0.25, 0.3) is 22.2 Å². The molecule has 0 fully saturated rings. The molecular formula is C49H51N5. The molecule has 0 bridgehead atoms. The van der Waals surface area contributed by atoms with Crippen molar-refractivity contribution in [3.05, 3.63) is 163 Å². The molecule has 3 heterocycles. The van der Waals surface area contributed by atoms with Gasteiger partial charge in [0.1, 0.15) is 0 Å². The first kappa shape index (κ1) is 36.5. The monoisotopic (exact) mass is 709 g/mol. The second-order valence-electron chi connectivity index (χ2n) is 17.2. The molecule has 0 aliphatic rings. The van der Waals surface area contributed by atoms with E-state index in [0.29, 0.717) is 0 Å². The zero-order chi connectivity index (χ0) is 38.3. The maximum absolute atomic E-state index is 5.06. The van der Waals surface area contributed by atoms with Gasteiger partial charge in [0.15, 0.2) is 0 Å². The lowest BCUT2D eigenvalue weighted by Crippen LogP contribution is -2.20. The Kier molecular flexibility index (Phi) is 9.61. The van der Waals surface area contributed by atoms with E-state index in [1.807, 2.05) is 43.0 Å². The van der Waals surface area contributed by atoms with Crippen molar-refractivity contribution >= 4 is 45.0 Å². The summed E-state index contributed by atoms with van der Waals surface area (Å²) in [6, 6.07) is 43.7. The minimum Gasteiger partial charge on any atom is -0.310 e. The van der Waals surface area contributed by atoms with Crippen molar-refractivity contribution in [3.63, 3.8) is 0 Å². The predicted molar refractivity (Wildman–Crippen MR) is 228 cm³/mol. The van der Waals surface area contributed by atoms with E-state index in [4.69, 9.17) is 9.97 Å². The lowest BCUT2D eigenvalue weighted by Gasteiger charge is -2.35. The highest BCUT2D eigenvalue weighted by molar-refractivity contribution is 5.99. The van der Waals surface area contributed by atoms with Crippen LogP contribution in [0.4, 0.5) is 34.1 Å². The Hall–Kier alpha value is -5.81. The molecule has 5 nitrogen and oxygen atoms in total. The van der Waals surface area contributed by atoms with Crippen LogP contribution in [0.2, 0.25) is 0 Å². The first-order valence-corrected chi connectivity index (χ1v) is 18.8. The van der Waals surface area contributed by atoms with Gasteiger partial charge < -0.3 is 9.80 Å². The highest BCUT2D eigenvalue weighted by atomic mass is 15.2.